The monoisotopic (exact) mass is 429 g/mol. The Balaban J connectivity index is 1.63. The summed E-state index contributed by atoms with van der Waals surface area (Å²) in [6.07, 6.45) is 2.87. The van der Waals surface area contributed by atoms with Crippen LogP contribution in [0.25, 0.3) is 17.0 Å². The van der Waals surface area contributed by atoms with Crippen LogP contribution < -0.4 is 10.1 Å². The van der Waals surface area contributed by atoms with Crippen molar-refractivity contribution in [3.63, 3.8) is 0 Å². The molecule has 4 aromatic rings. The molecule has 0 bridgehead atoms. The lowest BCUT2D eigenvalue weighted by molar-refractivity contribution is -0.0498. The summed E-state index contributed by atoms with van der Waals surface area (Å²) in [5.74, 6) is -0.000548. The van der Waals surface area contributed by atoms with E-state index in [4.69, 9.17) is 11.6 Å². The molecule has 0 unspecified atom stereocenters. The number of benzene rings is 2. The number of halogens is 3. The van der Waals surface area contributed by atoms with E-state index in [9.17, 15) is 13.6 Å². The van der Waals surface area contributed by atoms with Crippen molar-refractivity contribution in [1.29, 1.82) is 0 Å². The standard InChI is InChI=1S/C20H14ClF2N5O2/c21-14-3-1-2-12(8-14)9-25-19(29)16-10-24-11-17-26-27-18(28(16)17)13-4-6-15(7-5-13)30-20(22)23/h1-8,10-11,20H,9H2,(H,25,29). The minimum absolute atomic E-state index is 0.0173. The van der Waals surface area contributed by atoms with Crippen LogP contribution in [0.5, 0.6) is 5.75 Å². The first-order valence-corrected chi connectivity index (χ1v) is 9.16. The van der Waals surface area contributed by atoms with E-state index in [2.05, 4.69) is 25.2 Å². The molecule has 7 nitrogen and oxygen atoms in total. The molecule has 152 valence electrons. The molecule has 2 aromatic heterocycles. The number of nitrogens with zero attached hydrogens (tertiary/aromatic N) is 4. The van der Waals surface area contributed by atoms with Gasteiger partial charge in [-0.2, -0.15) is 8.78 Å². The van der Waals surface area contributed by atoms with Crippen LogP contribution >= 0.6 is 11.6 Å². The molecule has 0 atom stereocenters. The maximum atomic E-state index is 12.8. The Kier molecular flexibility index (Phi) is 5.53. The van der Waals surface area contributed by atoms with E-state index >= 15 is 0 Å². The summed E-state index contributed by atoms with van der Waals surface area (Å²) in [6.45, 7) is -2.64. The van der Waals surface area contributed by atoms with Gasteiger partial charge in [0, 0.05) is 17.1 Å². The summed E-state index contributed by atoms with van der Waals surface area (Å²) in [5, 5.41) is 11.5. The molecule has 0 aliphatic heterocycles. The molecule has 0 saturated heterocycles. The van der Waals surface area contributed by atoms with Crippen LogP contribution in [0.3, 0.4) is 0 Å². The Labute approximate surface area is 174 Å². The van der Waals surface area contributed by atoms with Gasteiger partial charge in [0.15, 0.2) is 11.5 Å². The van der Waals surface area contributed by atoms with E-state index in [1.807, 2.05) is 6.07 Å². The number of hydrogen-bond acceptors (Lipinski definition) is 5. The molecule has 2 aromatic carbocycles. The summed E-state index contributed by atoms with van der Waals surface area (Å²) >= 11 is 5.97. The van der Waals surface area contributed by atoms with Crippen molar-refractivity contribution < 1.29 is 18.3 Å². The number of rotatable bonds is 6. The summed E-state index contributed by atoms with van der Waals surface area (Å²) in [6, 6.07) is 13.0. The molecule has 0 aliphatic carbocycles. The van der Waals surface area contributed by atoms with Crippen molar-refractivity contribution in [2.45, 2.75) is 13.2 Å². The molecule has 10 heteroatoms. The van der Waals surface area contributed by atoms with E-state index in [0.717, 1.165) is 5.56 Å². The number of aromatic nitrogens is 4. The van der Waals surface area contributed by atoms with Gasteiger partial charge in [0.05, 0.1) is 12.4 Å². The fourth-order valence-electron chi connectivity index (χ4n) is 2.90. The third-order valence-electron chi connectivity index (χ3n) is 4.23. The normalized spacial score (nSPS) is 11.1. The molecule has 2 heterocycles. The van der Waals surface area contributed by atoms with Gasteiger partial charge in [-0.1, -0.05) is 23.7 Å². The van der Waals surface area contributed by atoms with Gasteiger partial charge >= 0.3 is 6.61 Å². The van der Waals surface area contributed by atoms with Gasteiger partial charge in [-0.15, -0.1) is 10.2 Å². The van der Waals surface area contributed by atoms with Crippen LogP contribution in [0.1, 0.15) is 16.1 Å². The Hall–Kier alpha value is -3.59. The van der Waals surface area contributed by atoms with Crippen molar-refractivity contribution in [3.05, 3.63) is 77.2 Å². The number of carbonyl (C=O) groups excluding carboxylic acids is 1. The lowest BCUT2D eigenvalue weighted by atomic mass is 10.2. The Morgan fingerprint density at radius 3 is 2.67 bits per heavy atom. The van der Waals surface area contributed by atoms with Crippen LogP contribution in [0.15, 0.2) is 60.9 Å². The summed E-state index contributed by atoms with van der Waals surface area (Å²) in [5.41, 5.74) is 2.00. The number of hydrogen-bond donors (Lipinski definition) is 1. The minimum Gasteiger partial charge on any atom is -0.435 e. The first kappa shape index (κ1) is 19.7. The molecular weight excluding hydrogens is 416 g/mol. The third kappa shape index (κ3) is 4.20. The van der Waals surface area contributed by atoms with Crippen molar-refractivity contribution in [3.8, 4) is 17.1 Å². The fraction of sp³-hybridized carbons (Fsp3) is 0.100. The zero-order chi connectivity index (χ0) is 21.1. The van der Waals surface area contributed by atoms with Crippen LogP contribution in [-0.4, -0.2) is 32.1 Å². The number of fused-ring (bicyclic) bond motifs is 1. The SMILES string of the molecule is O=C(NCc1cccc(Cl)c1)c1cncc2nnc(-c3ccc(OC(F)F)cc3)n12. The maximum Gasteiger partial charge on any atom is 0.387 e. The molecule has 1 amide bonds. The largest absolute Gasteiger partial charge is 0.435 e. The van der Waals surface area contributed by atoms with Gasteiger partial charge in [-0.3, -0.25) is 14.2 Å². The lowest BCUT2D eigenvalue weighted by Crippen LogP contribution is -2.25. The van der Waals surface area contributed by atoms with Crippen molar-refractivity contribution in [2.75, 3.05) is 0 Å². The highest BCUT2D eigenvalue weighted by atomic mass is 35.5. The maximum absolute atomic E-state index is 12.8. The summed E-state index contributed by atoms with van der Waals surface area (Å²) in [7, 11) is 0. The Morgan fingerprint density at radius 2 is 1.93 bits per heavy atom. The molecule has 0 saturated carbocycles. The predicted molar refractivity (Wildman–Crippen MR) is 105 cm³/mol. The van der Waals surface area contributed by atoms with Crippen LogP contribution in [0.2, 0.25) is 5.02 Å². The smallest absolute Gasteiger partial charge is 0.387 e. The van der Waals surface area contributed by atoms with Crippen LogP contribution in [0.4, 0.5) is 8.78 Å². The number of carbonyl (C=O) groups is 1. The van der Waals surface area contributed by atoms with Gasteiger partial charge < -0.3 is 10.1 Å². The van der Waals surface area contributed by atoms with E-state index in [1.54, 1.807) is 34.7 Å². The number of nitrogens with one attached hydrogen (secondary N) is 1. The second kappa shape index (κ2) is 8.42. The Morgan fingerprint density at radius 1 is 1.13 bits per heavy atom. The molecule has 4 rings (SSSR count). The average Bonchev–Trinajstić information content (AvgIpc) is 3.16. The Bertz CT molecular complexity index is 1200. The van der Waals surface area contributed by atoms with Gasteiger partial charge in [-0.05, 0) is 42.0 Å². The molecule has 0 radical (unpaired) electrons. The van der Waals surface area contributed by atoms with Gasteiger partial charge in [0.25, 0.3) is 5.91 Å². The lowest BCUT2D eigenvalue weighted by Gasteiger charge is -2.09. The number of amides is 1. The number of ether oxygens (including phenoxy) is 1. The zero-order valence-electron chi connectivity index (χ0n) is 15.3. The topological polar surface area (TPSA) is 81.4 Å². The highest BCUT2D eigenvalue weighted by Crippen LogP contribution is 2.23. The van der Waals surface area contributed by atoms with E-state index in [-0.39, 0.29) is 23.9 Å². The minimum atomic E-state index is -2.91. The molecule has 30 heavy (non-hydrogen) atoms. The average molecular weight is 430 g/mol. The van der Waals surface area contributed by atoms with E-state index < -0.39 is 6.61 Å². The van der Waals surface area contributed by atoms with Crippen LogP contribution in [0, 0.1) is 0 Å². The first-order chi connectivity index (χ1) is 14.5. The summed E-state index contributed by atoms with van der Waals surface area (Å²) in [4.78, 5) is 16.9. The highest BCUT2D eigenvalue weighted by molar-refractivity contribution is 6.30. The summed E-state index contributed by atoms with van der Waals surface area (Å²) < 4.78 is 30.6. The fourth-order valence-corrected chi connectivity index (χ4v) is 3.12. The number of alkyl halides is 2. The second-order valence-electron chi connectivity index (χ2n) is 6.23. The van der Waals surface area contributed by atoms with Crippen molar-refractivity contribution in [1.82, 2.24) is 24.9 Å². The van der Waals surface area contributed by atoms with Gasteiger partial charge in [0.1, 0.15) is 11.4 Å². The molecule has 0 aliphatic rings. The van der Waals surface area contributed by atoms with Crippen LogP contribution in [-0.2, 0) is 6.54 Å². The predicted octanol–water partition coefficient (Wildman–Crippen LogP) is 3.98. The molecule has 1 N–H and O–H groups in total. The van der Waals surface area contributed by atoms with E-state index in [1.165, 1.54) is 24.5 Å². The molecule has 0 fully saturated rings. The zero-order valence-corrected chi connectivity index (χ0v) is 16.1. The highest BCUT2D eigenvalue weighted by Gasteiger charge is 2.17. The molecule has 0 spiro atoms. The van der Waals surface area contributed by atoms with Gasteiger partial charge in [-0.25, -0.2) is 0 Å². The van der Waals surface area contributed by atoms with Crippen molar-refractivity contribution >= 4 is 23.2 Å². The quantitative estimate of drug-likeness (QED) is 0.501. The first-order valence-electron chi connectivity index (χ1n) is 8.78. The van der Waals surface area contributed by atoms with Gasteiger partial charge in [0.2, 0.25) is 0 Å². The van der Waals surface area contributed by atoms with E-state index in [0.29, 0.717) is 22.1 Å². The second-order valence-corrected chi connectivity index (χ2v) is 6.66. The third-order valence-corrected chi connectivity index (χ3v) is 4.46. The van der Waals surface area contributed by atoms with Crippen molar-refractivity contribution in [2.24, 2.45) is 0 Å². The molecular formula is C20H14ClF2N5O2.